The van der Waals surface area contributed by atoms with Crippen molar-refractivity contribution in [3.8, 4) is 34.1 Å². The predicted octanol–water partition coefficient (Wildman–Crippen LogP) is 11.2. The maximum atomic E-state index is 6.70. The van der Waals surface area contributed by atoms with Crippen molar-refractivity contribution in [3.05, 3.63) is 132 Å². The molecule has 0 aliphatic rings. The van der Waals surface area contributed by atoms with E-state index >= 15 is 0 Å². The lowest BCUT2D eigenvalue weighted by molar-refractivity contribution is 0.481. The van der Waals surface area contributed by atoms with E-state index in [0.717, 1.165) is 52.4 Å². The Morgan fingerprint density at radius 3 is 2.34 bits per heavy atom. The van der Waals surface area contributed by atoms with Crippen LogP contribution in [0, 0.1) is 19.8 Å². The molecule has 3 aromatic heterocycles. The summed E-state index contributed by atoms with van der Waals surface area (Å²) >= 11 is 0. The summed E-state index contributed by atoms with van der Waals surface area (Å²) in [7, 11) is 0. The van der Waals surface area contributed by atoms with Crippen LogP contribution in [0.4, 0.5) is 0 Å². The first kappa shape index (κ1) is 30.5. The van der Waals surface area contributed by atoms with Gasteiger partial charge < -0.3 is 4.74 Å². The van der Waals surface area contributed by atoms with E-state index in [9.17, 15) is 0 Å². The van der Waals surface area contributed by atoms with Crippen molar-refractivity contribution in [2.24, 2.45) is 5.92 Å². The van der Waals surface area contributed by atoms with Gasteiger partial charge >= 0.3 is 0 Å². The zero-order valence-corrected chi connectivity index (χ0v) is 28.2. The Bertz CT molecular complexity index is 2200. The van der Waals surface area contributed by atoms with Gasteiger partial charge in [-0.3, -0.25) is 4.57 Å². The van der Waals surface area contributed by atoms with Crippen LogP contribution in [0.2, 0.25) is 0 Å². The number of aromatic nitrogens is 4. The molecule has 0 saturated heterocycles. The second-order valence-electron chi connectivity index (χ2n) is 13.3. The number of ether oxygens (including phenoxy) is 1. The van der Waals surface area contributed by atoms with Crippen LogP contribution in [0.5, 0.6) is 11.5 Å². The number of fused-ring (bicyclic) bond motifs is 3. The second-order valence-corrected chi connectivity index (χ2v) is 13.3. The minimum atomic E-state index is 0.375. The van der Waals surface area contributed by atoms with E-state index in [4.69, 9.17) is 14.8 Å². The van der Waals surface area contributed by atoms with E-state index in [-0.39, 0.29) is 0 Å². The number of aryl methyl sites for hydroxylation is 2. The highest BCUT2D eigenvalue weighted by atomic mass is 16.5. The third-order valence-electron chi connectivity index (χ3n) is 9.28. The molecular formula is C42H42N4O. The van der Waals surface area contributed by atoms with E-state index in [1.807, 2.05) is 17.1 Å². The zero-order chi connectivity index (χ0) is 32.7. The Hall–Kier alpha value is -5.16. The highest BCUT2D eigenvalue weighted by Crippen LogP contribution is 2.37. The molecule has 7 rings (SSSR count). The molecule has 7 aromatic rings. The SMILES string of the molecule is CCC(C)c1cc(Oc2ccc3c4ccccc4n(-c4cc(CC(C)C)ccn4)c3c2)cc(-n2cc(-c3c(C)cccc3C)cn2)c1. The quantitative estimate of drug-likeness (QED) is 0.162. The van der Waals surface area contributed by atoms with Gasteiger partial charge in [-0.1, -0.05) is 64.1 Å². The van der Waals surface area contributed by atoms with Gasteiger partial charge in [0.25, 0.3) is 0 Å². The standard InChI is InChI=1S/C42H42N4O/c1-7-28(4)32-21-34(45-26-33(25-44-45)42-29(5)11-10-12-30(42)6)23-36(22-32)47-35-15-16-38-37-13-8-9-14-39(37)46(40(38)24-35)41-20-31(17-18-43-41)19-27(2)3/h8-18,20-28H,7,19H2,1-6H3. The molecule has 0 saturated carbocycles. The molecule has 0 N–H and O–H groups in total. The van der Waals surface area contributed by atoms with E-state index in [1.165, 1.54) is 38.6 Å². The van der Waals surface area contributed by atoms with Gasteiger partial charge in [-0.25, -0.2) is 9.67 Å². The summed E-state index contributed by atoms with van der Waals surface area (Å²) in [5.74, 6) is 3.44. The molecule has 0 aliphatic heterocycles. The van der Waals surface area contributed by atoms with E-state index in [0.29, 0.717) is 11.8 Å². The van der Waals surface area contributed by atoms with Gasteiger partial charge in [-0.05, 0) is 109 Å². The molecule has 4 aromatic carbocycles. The summed E-state index contributed by atoms with van der Waals surface area (Å²) in [4.78, 5) is 4.84. The van der Waals surface area contributed by atoms with Crippen molar-refractivity contribution in [1.29, 1.82) is 0 Å². The molecule has 0 bridgehead atoms. The van der Waals surface area contributed by atoms with Gasteiger partial charge in [-0.2, -0.15) is 5.10 Å². The maximum Gasteiger partial charge on any atom is 0.137 e. The highest BCUT2D eigenvalue weighted by molar-refractivity contribution is 6.09. The van der Waals surface area contributed by atoms with Gasteiger partial charge in [0.2, 0.25) is 0 Å². The number of hydrogen-bond donors (Lipinski definition) is 0. The largest absolute Gasteiger partial charge is 0.457 e. The monoisotopic (exact) mass is 618 g/mol. The summed E-state index contributed by atoms with van der Waals surface area (Å²) < 4.78 is 10.9. The number of nitrogens with zero attached hydrogens (tertiary/aromatic N) is 4. The molecule has 3 heterocycles. The minimum Gasteiger partial charge on any atom is -0.457 e. The Morgan fingerprint density at radius 1 is 0.766 bits per heavy atom. The Kier molecular flexibility index (Phi) is 8.15. The van der Waals surface area contributed by atoms with Crippen molar-refractivity contribution in [3.63, 3.8) is 0 Å². The van der Waals surface area contributed by atoms with Crippen LogP contribution >= 0.6 is 0 Å². The molecule has 5 heteroatoms. The molecule has 0 radical (unpaired) electrons. The van der Waals surface area contributed by atoms with E-state index in [2.05, 4.69) is 143 Å². The molecule has 1 unspecified atom stereocenters. The van der Waals surface area contributed by atoms with Crippen molar-refractivity contribution in [1.82, 2.24) is 19.3 Å². The molecule has 236 valence electrons. The average molecular weight is 619 g/mol. The molecule has 0 spiro atoms. The van der Waals surface area contributed by atoms with E-state index in [1.54, 1.807) is 0 Å². The molecule has 5 nitrogen and oxygen atoms in total. The smallest absolute Gasteiger partial charge is 0.137 e. The van der Waals surface area contributed by atoms with Crippen molar-refractivity contribution in [2.45, 2.75) is 60.3 Å². The Balaban J connectivity index is 1.31. The number of pyridine rings is 1. The summed E-state index contributed by atoms with van der Waals surface area (Å²) in [6.07, 6.45) is 8.06. The number of rotatable bonds is 9. The van der Waals surface area contributed by atoms with Crippen LogP contribution in [0.15, 0.2) is 110 Å². The maximum absolute atomic E-state index is 6.70. The third kappa shape index (κ3) is 5.94. The van der Waals surface area contributed by atoms with Crippen molar-refractivity contribution in [2.75, 3.05) is 0 Å². The number of hydrogen-bond acceptors (Lipinski definition) is 3. The lowest BCUT2D eigenvalue weighted by Crippen LogP contribution is -2.01. The first-order chi connectivity index (χ1) is 22.8. The topological polar surface area (TPSA) is 44.9 Å². The summed E-state index contributed by atoms with van der Waals surface area (Å²) in [5.41, 5.74) is 10.5. The number of benzene rings is 4. The van der Waals surface area contributed by atoms with Crippen molar-refractivity contribution >= 4 is 21.8 Å². The Morgan fingerprint density at radius 2 is 1.55 bits per heavy atom. The average Bonchev–Trinajstić information content (AvgIpc) is 3.67. The predicted molar refractivity (Wildman–Crippen MR) is 194 cm³/mol. The molecule has 0 amide bonds. The second kappa shape index (κ2) is 12.6. The van der Waals surface area contributed by atoms with Crippen LogP contribution in [-0.4, -0.2) is 19.3 Å². The fourth-order valence-corrected chi connectivity index (χ4v) is 6.76. The van der Waals surface area contributed by atoms with Crippen LogP contribution in [0.25, 0.3) is 44.4 Å². The van der Waals surface area contributed by atoms with Crippen LogP contribution in [0.1, 0.15) is 62.3 Å². The van der Waals surface area contributed by atoms with E-state index < -0.39 is 0 Å². The van der Waals surface area contributed by atoms with Crippen LogP contribution in [-0.2, 0) is 6.42 Å². The fraction of sp³-hybridized carbons (Fsp3) is 0.238. The minimum absolute atomic E-state index is 0.375. The van der Waals surface area contributed by atoms with Gasteiger partial charge in [0.15, 0.2) is 0 Å². The zero-order valence-electron chi connectivity index (χ0n) is 28.2. The first-order valence-corrected chi connectivity index (χ1v) is 16.7. The lowest BCUT2D eigenvalue weighted by atomic mass is 9.97. The highest BCUT2D eigenvalue weighted by Gasteiger charge is 2.16. The molecule has 0 fully saturated rings. The van der Waals surface area contributed by atoms with Gasteiger partial charge in [0.05, 0.1) is 22.9 Å². The Labute approximate surface area is 277 Å². The fourth-order valence-electron chi connectivity index (χ4n) is 6.76. The van der Waals surface area contributed by atoms with Gasteiger partial charge in [0.1, 0.15) is 17.3 Å². The first-order valence-electron chi connectivity index (χ1n) is 16.7. The van der Waals surface area contributed by atoms with Crippen LogP contribution < -0.4 is 4.74 Å². The summed E-state index contributed by atoms with van der Waals surface area (Å²) in [5, 5.41) is 7.18. The van der Waals surface area contributed by atoms with Gasteiger partial charge in [0, 0.05) is 40.9 Å². The molecular weight excluding hydrogens is 576 g/mol. The van der Waals surface area contributed by atoms with Crippen molar-refractivity contribution < 1.29 is 4.74 Å². The molecule has 1 atom stereocenters. The normalized spacial score (nSPS) is 12.3. The molecule has 0 aliphatic carbocycles. The molecule has 47 heavy (non-hydrogen) atoms. The van der Waals surface area contributed by atoms with Gasteiger partial charge in [-0.15, -0.1) is 0 Å². The lowest BCUT2D eigenvalue weighted by Gasteiger charge is -2.15. The third-order valence-corrected chi connectivity index (χ3v) is 9.28. The summed E-state index contributed by atoms with van der Waals surface area (Å²) in [6.45, 7) is 13.3. The summed E-state index contributed by atoms with van der Waals surface area (Å²) in [6, 6.07) is 32.2. The van der Waals surface area contributed by atoms with Crippen LogP contribution in [0.3, 0.4) is 0 Å². The number of para-hydroxylation sites is 1.